The first kappa shape index (κ1) is 14.2. The van der Waals surface area contributed by atoms with E-state index in [1.807, 2.05) is 19.9 Å². The monoisotopic (exact) mass is 301 g/mol. The van der Waals surface area contributed by atoms with Gasteiger partial charge in [0.15, 0.2) is 0 Å². The van der Waals surface area contributed by atoms with Gasteiger partial charge in [-0.2, -0.15) is 0 Å². The van der Waals surface area contributed by atoms with Crippen LogP contribution in [0.3, 0.4) is 0 Å². The maximum Gasteiger partial charge on any atom is 0.234 e. The number of rotatable bonds is 5. The number of nitrogens with one attached hydrogen (secondary N) is 1. The molecule has 0 heterocycles. The number of hydrogen-bond acceptors (Lipinski definition) is 1. The standard InChI is InChI=1S/C13H17BrFNO/c1-9(2)12(14)13(17)16-7-6-10-4-3-5-11(15)8-10/h3-5,8-9,12H,6-7H2,1-2H3,(H,16,17). The third-order valence-corrected chi connectivity index (χ3v) is 3.91. The number of amides is 1. The van der Waals surface area contributed by atoms with Gasteiger partial charge in [-0.1, -0.05) is 41.9 Å². The number of benzene rings is 1. The molecule has 17 heavy (non-hydrogen) atoms. The highest BCUT2D eigenvalue weighted by molar-refractivity contribution is 9.10. The van der Waals surface area contributed by atoms with Crippen molar-refractivity contribution in [3.8, 4) is 0 Å². The van der Waals surface area contributed by atoms with Crippen LogP contribution in [-0.2, 0) is 11.2 Å². The predicted octanol–water partition coefficient (Wildman–Crippen LogP) is 2.90. The van der Waals surface area contributed by atoms with Gasteiger partial charge in [0.2, 0.25) is 5.91 Å². The number of hydrogen-bond donors (Lipinski definition) is 1. The molecule has 0 aliphatic carbocycles. The third-order valence-electron chi connectivity index (χ3n) is 2.44. The lowest BCUT2D eigenvalue weighted by molar-refractivity contribution is -0.121. The lowest BCUT2D eigenvalue weighted by Crippen LogP contribution is -2.35. The van der Waals surface area contributed by atoms with E-state index < -0.39 is 0 Å². The molecule has 0 aromatic heterocycles. The van der Waals surface area contributed by atoms with Crippen molar-refractivity contribution in [1.29, 1.82) is 0 Å². The van der Waals surface area contributed by atoms with Crippen LogP contribution in [0.2, 0.25) is 0 Å². The maximum atomic E-state index is 12.9. The van der Waals surface area contributed by atoms with Gasteiger partial charge in [0.05, 0.1) is 4.83 Å². The number of carbonyl (C=O) groups excluding carboxylic acids is 1. The fraction of sp³-hybridized carbons (Fsp3) is 0.462. The summed E-state index contributed by atoms with van der Waals surface area (Å²) in [6.07, 6.45) is 0.640. The van der Waals surface area contributed by atoms with Gasteiger partial charge in [-0.05, 0) is 30.0 Å². The van der Waals surface area contributed by atoms with Crippen molar-refractivity contribution in [2.45, 2.75) is 25.1 Å². The second-order valence-electron chi connectivity index (χ2n) is 4.32. The molecule has 0 spiro atoms. The normalized spacial score (nSPS) is 12.5. The van der Waals surface area contributed by atoms with Crippen LogP contribution in [0.4, 0.5) is 4.39 Å². The van der Waals surface area contributed by atoms with E-state index >= 15 is 0 Å². The molecule has 0 bridgehead atoms. The Hall–Kier alpha value is -0.900. The van der Waals surface area contributed by atoms with E-state index in [4.69, 9.17) is 0 Å². The summed E-state index contributed by atoms with van der Waals surface area (Å²) in [6, 6.07) is 6.42. The molecule has 0 aliphatic heterocycles. The Morgan fingerprint density at radius 2 is 2.18 bits per heavy atom. The Balaban J connectivity index is 2.35. The molecule has 1 aromatic carbocycles. The second-order valence-corrected chi connectivity index (χ2v) is 5.30. The molecule has 0 radical (unpaired) electrons. The van der Waals surface area contributed by atoms with Crippen LogP contribution >= 0.6 is 15.9 Å². The second kappa shape index (κ2) is 6.74. The van der Waals surface area contributed by atoms with E-state index in [2.05, 4.69) is 21.2 Å². The lowest BCUT2D eigenvalue weighted by atomic mass is 10.1. The average molecular weight is 302 g/mol. The molecule has 4 heteroatoms. The largest absolute Gasteiger partial charge is 0.355 e. The van der Waals surface area contributed by atoms with Crippen molar-refractivity contribution >= 4 is 21.8 Å². The minimum Gasteiger partial charge on any atom is -0.355 e. The zero-order valence-electron chi connectivity index (χ0n) is 10.0. The number of halogens is 2. The van der Waals surface area contributed by atoms with Crippen molar-refractivity contribution in [2.24, 2.45) is 5.92 Å². The fourth-order valence-corrected chi connectivity index (χ4v) is 1.58. The molecular weight excluding hydrogens is 285 g/mol. The molecular formula is C13H17BrFNO. The zero-order valence-corrected chi connectivity index (χ0v) is 11.6. The van der Waals surface area contributed by atoms with Gasteiger partial charge in [-0.3, -0.25) is 4.79 Å². The maximum absolute atomic E-state index is 12.9. The van der Waals surface area contributed by atoms with Crippen LogP contribution in [0.1, 0.15) is 19.4 Å². The summed E-state index contributed by atoms with van der Waals surface area (Å²) in [5, 5.41) is 2.82. The van der Waals surface area contributed by atoms with Gasteiger partial charge in [-0.25, -0.2) is 4.39 Å². The Labute approximate surface area is 110 Å². The van der Waals surface area contributed by atoms with Crippen molar-refractivity contribution in [2.75, 3.05) is 6.54 Å². The molecule has 1 rings (SSSR count). The van der Waals surface area contributed by atoms with Crippen molar-refractivity contribution in [3.05, 3.63) is 35.6 Å². The summed E-state index contributed by atoms with van der Waals surface area (Å²) in [5.74, 6) is -0.00468. The minimum atomic E-state index is -0.241. The summed E-state index contributed by atoms with van der Waals surface area (Å²) < 4.78 is 12.9. The number of alkyl halides is 1. The Morgan fingerprint density at radius 3 is 2.76 bits per heavy atom. The molecule has 1 atom stereocenters. The first-order valence-corrected chi connectivity index (χ1v) is 6.58. The molecule has 0 saturated heterocycles. The van der Waals surface area contributed by atoms with E-state index in [0.717, 1.165) is 5.56 Å². The van der Waals surface area contributed by atoms with E-state index in [0.29, 0.717) is 13.0 Å². The van der Waals surface area contributed by atoms with Crippen molar-refractivity contribution in [3.63, 3.8) is 0 Å². The summed E-state index contributed by atoms with van der Waals surface area (Å²) in [7, 11) is 0. The van der Waals surface area contributed by atoms with Crippen molar-refractivity contribution < 1.29 is 9.18 Å². The van der Waals surface area contributed by atoms with E-state index in [-0.39, 0.29) is 22.5 Å². The Bertz CT molecular complexity index is 381. The van der Waals surface area contributed by atoms with Crippen molar-refractivity contribution in [1.82, 2.24) is 5.32 Å². The third kappa shape index (κ3) is 4.86. The average Bonchev–Trinajstić information content (AvgIpc) is 2.27. The molecule has 94 valence electrons. The van der Waals surface area contributed by atoms with Crippen LogP contribution in [0.15, 0.2) is 24.3 Å². The topological polar surface area (TPSA) is 29.1 Å². The van der Waals surface area contributed by atoms with Gasteiger partial charge < -0.3 is 5.32 Å². The zero-order chi connectivity index (χ0) is 12.8. The SMILES string of the molecule is CC(C)C(Br)C(=O)NCCc1cccc(F)c1. The molecule has 1 unspecified atom stereocenters. The molecule has 2 nitrogen and oxygen atoms in total. The van der Waals surface area contributed by atoms with Crippen LogP contribution in [0.25, 0.3) is 0 Å². The highest BCUT2D eigenvalue weighted by Crippen LogP contribution is 2.11. The van der Waals surface area contributed by atoms with Gasteiger partial charge in [0.1, 0.15) is 5.82 Å². The molecule has 0 aliphatic rings. The van der Waals surface area contributed by atoms with Crippen LogP contribution in [-0.4, -0.2) is 17.3 Å². The van der Waals surface area contributed by atoms with Crippen LogP contribution in [0, 0.1) is 11.7 Å². The summed E-state index contributed by atoms with van der Waals surface area (Å²) in [4.78, 5) is 11.4. The molecule has 1 N–H and O–H groups in total. The molecule has 0 fully saturated rings. The van der Waals surface area contributed by atoms with E-state index in [1.165, 1.54) is 12.1 Å². The van der Waals surface area contributed by atoms with Gasteiger partial charge in [0.25, 0.3) is 0 Å². The smallest absolute Gasteiger partial charge is 0.234 e. The predicted molar refractivity (Wildman–Crippen MR) is 70.7 cm³/mol. The van der Waals surface area contributed by atoms with Crippen LogP contribution in [0.5, 0.6) is 0 Å². The lowest BCUT2D eigenvalue weighted by Gasteiger charge is -2.13. The van der Waals surface area contributed by atoms with E-state index in [1.54, 1.807) is 6.07 Å². The first-order chi connectivity index (χ1) is 8.00. The highest BCUT2D eigenvalue weighted by Gasteiger charge is 2.17. The van der Waals surface area contributed by atoms with E-state index in [9.17, 15) is 9.18 Å². The molecule has 0 saturated carbocycles. The Morgan fingerprint density at radius 1 is 1.47 bits per heavy atom. The van der Waals surface area contributed by atoms with Gasteiger partial charge in [-0.15, -0.1) is 0 Å². The summed E-state index contributed by atoms with van der Waals surface area (Å²) in [5.41, 5.74) is 0.890. The Kier molecular flexibility index (Phi) is 5.62. The quantitative estimate of drug-likeness (QED) is 0.833. The fourth-order valence-electron chi connectivity index (χ4n) is 1.42. The first-order valence-electron chi connectivity index (χ1n) is 5.67. The summed E-state index contributed by atoms with van der Waals surface area (Å²) >= 11 is 3.33. The molecule has 1 amide bonds. The highest BCUT2D eigenvalue weighted by atomic mass is 79.9. The van der Waals surface area contributed by atoms with Crippen LogP contribution < -0.4 is 5.32 Å². The van der Waals surface area contributed by atoms with Gasteiger partial charge in [0, 0.05) is 6.54 Å². The number of carbonyl (C=O) groups is 1. The minimum absolute atomic E-state index is 0.0172. The molecule has 1 aromatic rings. The van der Waals surface area contributed by atoms with Gasteiger partial charge >= 0.3 is 0 Å². The summed E-state index contributed by atoms with van der Waals surface area (Å²) in [6.45, 7) is 4.48.